The predicted molar refractivity (Wildman–Crippen MR) is 37.5 cm³/mol. The van der Waals surface area contributed by atoms with Gasteiger partial charge in [-0.3, -0.25) is 0 Å². The third-order valence-corrected chi connectivity index (χ3v) is 1.20. The molecule has 3 heteroatoms. The van der Waals surface area contributed by atoms with Crippen LogP contribution < -0.4 is 11.1 Å². The van der Waals surface area contributed by atoms with Crippen molar-refractivity contribution in [3.8, 4) is 0 Å². The van der Waals surface area contributed by atoms with E-state index in [4.69, 9.17) is 0 Å². The van der Waals surface area contributed by atoms with Gasteiger partial charge in [-0.25, -0.2) is 5.43 Å². The average Bonchev–Trinajstić information content (AvgIpc) is 2.03. The fourth-order valence-corrected chi connectivity index (χ4v) is 0.731. The zero-order valence-corrected chi connectivity index (χ0v) is 5.47. The summed E-state index contributed by atoms with van der Waals surface area (Å²) < 4.78 is 11.3. The van der Waals surface area contributed by atoms with Gasteiger partial charge in [0.05, 0.1) is 0 Å². The molecule has 2 nitrogen and oxygen atoms in total. The van der Waals surface area contributed by atoms with E-state index in [0.29, 0.717) is 6.54 Å². The van der Waals surface area contributed by atoms with Crippen LogP contribution in [0.5, 0.6) is 0 Å². The van der Waals surface area contributed by atoms with Crippen LogP contribution in [0.2, 0.25) is 0 Å². The summed E-state index contributed by atoms with van der Waals surface area (Å²) in [6.07, 6.45) is 0. The molecule has 54 valence electrons. The van der Waals surface area contributed by atoms with E-state index in [-0.39, 0.29) is 0 Å². The van der Waals surface area contributed by atoms with Crippen LogP contribution in [0.25, 0.3) is 0 Å². The van der Waals surface area contributed by atoms with Crippen LogP contribution in [-0.4, -0.2) is 0 Å². The summed E-state index contributed by atoms with van der Waals surface area (Å²) >= 11 is 0. The van der Waals surface area contributed by atoms with Gasteiger partial charge in [-0.15, -0.1) is 4.48 Å². The molecule has 1 aromatic carbocycles. The Balaban J connectivity index is 2.43. The second-order valence-corrected chi connectivity index (χ2v) is 1.93. The van der Waals surface area contributed by atoms with Crippen LogP contribution in [-0.2, 0) is 6.54 Å². The molecular weight excluding hydrogens is 131 g/mol. The smallest absolute Gasteiger partial charge is 0.0375 e. The summed E-state index contributed by atoms with van der Waals surface area (Å²) in [6.45, 7) is 0.497. The molecule has 1 aromatic rings. The van der Waals surface area contributed by atoms with Crippen molar-refractivity contribution in [3.63, 3.8) is 0 Å². The Labute approximate surface area is 59.0 Å². The lowest BCUT2D eigenvalue weighted by Gasteiger charge is -1.98. The molecule has 0 atom stereocenters. The van der Waals surface area contributed by atoms with Crippen molar-refractivity contribution in [2.75, 3.05) is 0 Å². The van der Waals surface area contributed by atoms with E-state index in [1.165, 1.54) is 5.65 Å². The monoisotopic (exact) mass is 140 g/mol. The van der Waals surface area contributed by atoms with Crippen LogP contribution in [0.4, 0.5) is 4.48 Å². The molecule has 0 aliphatic carbocycles. The first-order chi connectivity index (χ1) is 4.93. The Kier molecular flexibility index (Phi) is 2.86. The average molecular weight is 140 g/mol. The Morgan fingerprint density at radius 3 is 2.50 bits per heavy atom. The highest BCUT2D eigenvalue weighted by Crippen LogP contribution is 1.95. The molecule has 10 heavy (non-hydrogen) atoms. The number of halogens is 1. The standard InChI is InChI=1S/C7H9FN2/c8-10-9-6-7-4-2-1-3-5-7/h1-5,9-10H,6H2. The molecule has 2 N–H and O–H groups in total. The van der Waals surface area contributed by atoms with Crippen molar-refractivity contribution in [2.24, 2.45) is 0 Å². The first kappa shape index (κ1) is 7.18. The minimum atomic E-state index is 0.497. The van der Waals surface area contributed by atoms with E-state index < -0.39 is 0 Å². The summed E-state index contributed by atoms with van der Waals surface area (Å²) in [4.78, 5) is 0. The normalized spacial score (nSPS) is 9.70. The van der Waals surface area contributed by atoms with E-state index in [1.54, 1.807) is 0 Å². The van der Waals surface area contributed by atoms with Crippen LogP contribution >= 0.6 is 0 Å². The van der Waals surface area contributed by atoms with Gasteiger partial charge in [-0.1, -0.05) is 36.0 Å². The lowest BCUT2D eigenvalue weighted by atomic mass is 10.2. The molecule has 0 fully saturated rings. The zero-order chi connectivity index (χ0) is 7.23. The van der Waals surface area contributed by atoms with Gasteiger partial charge in [0.15, 0.2) is 0 Å². The highest BCUT2D eigenvalue weighted by atomic mass is 19.2. The molecule has 0 saturated carbocycles. The summed E-state index contributed by atoms with van der Waals surface area (Å²) in [5, 5.41) is 0. The van der Waals surface area contributed by atoms with Crippen LogP contribution in [0.1, 0.15) is 5.56 Å². The maximum absolute atomic E-state index is 11.3. The molecule has 0 amide bonds. The molecular formula is C7H9FN2. The van der Waals surface area contributed by atoms with Gasteiger partial charge >= 0.3 is 0 Å². The lowest BCUT2D eigenvalue weighted by Crippen LogP contribution is -2.22. The summed E-state index contributed by atoms with van der Waals surface area (Å²) in [5.74, 6) is 0. The molecule has 1 rings (SSSR count). The van der Waals surface area contributed by atoms with Crippen molar-refractivity contribution in [3.05, 3.63) is 35.9 Å². The molecule has 0 saturated heterocycles. The van der Waals surface area contributed by atoms with Crippen molar-refractivity contribution in [2.45, 2.75) is 6.54 Å². The minimum Gasteiger partial charge on any atom is -0.226 e. The van der Waals surface area contributed by atoms with Crippen LogP contribution in [0.3, 0.4) is 0 Å². The van der Waals surface area contributed by atoms with Crippen molar-refractivity contribution in [1.29, 1.82) is 0 Å². The molecule has 0 spiro atoms. The topological polar surface area (TPSA) is 24.1 Å². The van der Waals surface area contributed by atoms with Gasteiger partial charge in [-0.05, 0) is 5.56 Å². The van der Waals surface area contributed by atoms with Crippen LogP contribution in [0.15, 0.2) is 30.3 Å². The first-order valence-electron chi connectivity index (χ1n) is 3.06. The zero-order valence-electron chi connectivity index (χ0n) is 5.47. The predicted octanol–water partition coefficient (Wildman–Crippen LogP) is 1.17. The number of nitrogens with one attached hydrogen (secondary N) is 2. The van der Waals surface area contributed by atoms with E-state index in [1.807, 2.05) is 30.3 Å². The van der Waals surface area contributed by atoms with E-state index in [2.05, 4.69) is 5.43 Å². The Morgan fingerprint density at radius 2 is 1.90 bits per heavy atom. The second-order valence-electron chi connectivity index (χ2n) is 1.93. The fourth-order valence-electron chi connectivity index (χ4n) is 0.731. The maximum Gasteiger partial charge on any atom is 0.0375 e. The number of hydrogen-bond donors (Lipinski definition) is 2. The quantitative estimate of drug-likeness (QED) is 0.486. The third-order valence-electron chi connectivity index (χ3n) is 1.20. The van der Waals surface area contributed by atoms with Gasteiger partial charge in [-0.2, -0.15) is 0 Å². The molecule has 0 aliphatic rings. The van der Waals surface area contributed by atoms with Gasteiger partial charge < -0.3 is 0 Å². The number of hydrazine groups is 1. The van der Waals surface area contributed by atoms with Crippen LogP contribution in [0, 0.1) is 0 Å². The number of rotatable bonds is 3. The highest BCUT2D eigenvalue weighted by molar-refractivity contribution is 5.13. The SMILES string of the molecule is FNNCc1ccccc1. The molecule has 0 heterocycles. The highest BCUT2D eigenvalue weighted by Gasteiger charge is 1.86. The van der Waals surface area contributed by atoms with Gasteiger partial charge in [0.1, 0.15) is 0 Å². The van der Waals surface area contributed by atoms with E-state index in [0.717, 1.165) is 5.56 Å². The molecule has 0 bridgehead atoms. The Bertz CT molecular complexity index is 176. The molecule has 0 aliphatic heterocycles. The second kappa shape index (κ2) is 3.98. The summed E-state index contributed by atoms with van der Waals surface area (Å²) in [5.41, 5.74) is 4.76. The Hall–Kier alpha value is -0.930. The van der Waals surface area contributed by atoms with Gasteiger partial charge in [0.25, 0.3) is 0 Å². The molecule has 0 radical (unpaired) electrons. The molecule has 0 unspecified atom stereocenters. The summed E-state index contributed by atoms with van der Waals surface area (Å²) in [6, 6.07) is 9.59. The first-order valence-corrected chi connectivity index (χ1v) is 3.06. The maximum atomic E-state index is 11.3. The van der Waals surface area contributed by atoms with Crippen molar-refractivity contribution >= 4 is 0 Å². The van der Waals surface area contributed by atoms with E-state index >= 15 is 0 Å². The minimum absolute atomic E-state index is 0.497. The Morgan fingerprint density at radius 1 is 1.20 bits per heavy atom. The van der Waals surface area contributed by atoms with Gasteiger partial charge in [0, 0.05) is 6.54 Å². The van der Waals surface area contributed by atoms with Crippen molar-refractivity contribution < 1.29 is 4.48 Å². The van der Waals surface area contributed by atoms with Gasteiger partial charge in [0.2, 0.25) is 0 Å². The fraction of sp³-hybridized carbons (Fsp3) is 0.143. The lowest BCUT2D eigenvalue weighted by molar-refractivity contribution is 0.263. The number of hydrogen-bond acceptors (Lipinski definition) is 2. The largest absolute Gasteiger partial charge is 0.226 e. The summed E-state index contributed by atoms with van der Waals surface area (Å²) in [7, 11) is 0. The number of benzene rings is 1. The van der Waals surface area contributed by atoms with Crippen molar-refractivity contribution in [1.82, 2.24) is 11.1 Å². The van der Waals surface area contributed by atoms with E-state index in [9.17, 15) is 4.48 Å². The third kappa shape index (κ3) is 2.13. The molecule has 0 aromatic heterocycles.